The average Bonchev–Trinajstić information content (AvgIpc) is 2.51. The zero-order chi connectivity index (χ0) is 14.9. The molecule has 0 saturated heterocycles. The summed E-state index contributed by atoms with van der Waals surface area (Å²) in [6, 6.07) is 8.96. The van der Waals surface area contributed by atoms with E-state index in [1.807, 2.05) is 18.2 Å². The van der Waals surface area contributed by atoms with Crippen molar-refractivity contribution in [2.24, 2.45) is 0 Å². The van der Waals surface area contributed by atoms with Crippen LogP contribution in [0.15, 0.2) is 47.5 Å². The molecule has 0 fully saturated rings. The highest BCUT2D eigenvalue weighted by atomic mass is 16.5. The second kappa shape index (κ2) is 8.21. The van der Waals surface area contributed by atoms with Gasteiger partial charge in [-0.1, -0.05) is 13.0 Å². The third-order valence-electron chi connectivity index (χ3n) is 3.03. The van der Waals surface area contributed by atoms with Crippen LogP contribution < -0.4 is 15.6 Å². The quantitative estimate of drug-likeness (QED) is 0.753. The Labute approximate surface area is 124 Å². The highest BCUT2D eigenvalue weighted by Crippen LogP contribution is 2.09. The Morgan fingerprint density at radius 1 is 1.29 bits per heavy atom. The maximum absolute atomic E-state index is 11.5. The van der Waals surface area contributed by atoms with Crippen molar-refractivity contribution >= 4 is 0 Å². The summed E-state index contributed by atoms with van der Waals surface area (Å²) in [5, 5.41) is 3.30. The van der Waals surface area contributed by atoms with Crippen LogP contribution in [0.25, 0.3) is 0 Å². The summed E-state index contributed by atoms with van der Waals surface area (Å²) >= 11 is 0. The minimum absolute atomic E-state index is 0.0171. The minimum atomic E-state index is -0.0171. The first-order chi connectivity index (χ1) is 10.3. The molecule has 0 aromatic carbocycles. The van der Waals surface area contributed by atoms with Crippen molar-refractivity contribution in [2.45, 2.75) is 26.4 Å². The molecule has 0 unspecified atom stereocenters. The maximum Gasteiger partial charge on any atom is 0.250 e. The lowest BCUT2D eigenvalue weighted by Crippen LogP contribution is -2.21. The molecule has 2 aromatic heterocycles. The van der Waals surface area contributed by atoms with E-state index in [9.17, 15) is 4.79 Å². The zero-order valence-corrected chi connectivity index (χ0v) is 12.3. The molecule has 5 nitrogen and oxygen atoms in total. The summed E-state index contributed by atoms with van der Waals surface area (Å²) in [6.45, 7) is 4.87. The molecule has 0 spiro atoms. The number of aromatic nitrogens is 2. The normalized spacial score (nSPS) is 10.5. The van der Waals surface area contributed by atoms with Crippen molar-refractivity contribution < 1.29 is 4.74 Å². The molecule has 2 heterocycles. The zero-order valence-electron chi connectivity index (χ0n) is 12.3. The summed E-state index contributed by atoms with van der Waals surface area (Å²) in [7, 11) is 0. The van der Waals surface area contributed by atoms with Crippen LogP contribution in [0.5, 0.6) is 5.75 Å². The fourth-order valence-corrected chi connectivity index (χ4v) is 1.90. The van der Waals surface area contributed by atoms with Crippen LogP contribution in [-0.2, 0) is 13.1 Å². The minimum Gasteiger partial charge on any atom is -0.490 e. The van der Waals surface area contributed by atoms with Crippen molar-refractivity contribution in [2.75, 3.05) is 13.2 Å². The highest BCUT2D eigenvalue weighted by Gasteiger charge is 1.98. The monoisotopic (exact) mass is 287 g/mol. The Bertz CT molecular complexity index is 593. The van der Waals surface area contributed by atoms with Gasteiger partial charge in [0.05, 0.1) is 18.4 Å². The van der Waals surface area contributed by atoms with Crippen molar-refractivity contribution in [1.82, 2.24) is 14.9 Å². The number of hydrogen-bond donors (Lipinski definition) is 1. The van der Waals surface area contributed by atoms with Gasteiger partial charge >= 0.3 is 0 Å². The van der Waals surface area contributed by atoms with Crippen LogP contribution >= 0.6 is 0 Å². The SMILES string of the molecule is CCCNCc1ccc(OCCn2ccccc2=O)cn1. The number of nitrogens with zero attached hydrogens (tertiary/aromatic N) is 2. The lowest BCUT2D eigenvalue weighted by Gasteiger charge is -2.08. The molecule has 0 aliphatic rings. The predicted octanol–water partition coefficient (Wildman–Crippen LogP) is 1.82. The van der Waals surface area contributed by atoms with Crippen LogP contribution in [0.3, 0.4) is 0 Å². The number of hydrogen-bond acceptors (Lipinski definition) is 4. The third kappa shape index (κ3) is 5.04. The van der Waals surface area contributed by atoms with E-state index in [1.54, 1.807) is 29.1 Å². The van der Waals surface area contributed by atoms with Crippen LogP contribution in [0, 0.1) is 0 Å². The smallest absolute Gasteiger partial charge is 0.250 e. The first-order valence-corrected chi connectivity index (χ1v) is 7.23. The van der Waals surface area contributed by atoms with Gasteiger partial charge in [-0.2, -0.15) is 0 Å². The van der Waals surface area contributed by atoms with E-state index < -0.39 is 0 Å². The first kappa shape index (κ1) is 15.3. The van der Waals surface area contributed by atoms with Gasteiger partial charge in [0, 0.05) is 18.8 Å². The number of nitrogens with one attached hydrogen (secondary N) is 1. The van der Waals surface area contributed by atoms with Crippen LogP contribution in [0.4, 0.5) is 0 Å². The largest absolute Gasteiger partial charge is 0.490 e. The Hall–Kier alpha value is -2.14. The van der Waals surface area contributed by atoms with E-state index in [1.165, 1.54) is 0 Å². The van der Waals surface area contributed by atoms with Gasteiger partial charge in [-0.25, -0.2) is 0 Å². The summed E-state index contributed by atoms with van der Waals surface area (Å²) in [4.78, 5) is 15.9. The molecular formula is C16H21N3O2. The number of pyridine rings is 2. The molecule has 2 aromatic rings. The molecule has 5 heteroatoms. The molecular weight excluding hydrogens is 266 g/mol. The fraction of sp³-hybridized carbons (Fsp3) is 0.375. The lowest BCUT2D eigenvalue weighted by atomic mass is 10.3. The molecule has 0 aliphatic heterocycles. The van der Waals surface area contributed by atoms with Gasteiger partial charge in [0.2, 0.25) is 0 Å². The second-order valence-electron chi connectivity index (χ2n) is 4.74. The summed E-state index contributed by atoms with van der Waals surface area (Å²) in [5.74, 6) is 0.721. The first-order valence-electron chi connectivity index (χ1n) is 7.23. The Balaban J connectivity index is 1.78. The number of ether oxygens (including phenoxy) is 1. The van der Waals surface area contributed by atoms with Crippen molar-refractivity contribution in [3.8, 4) is 5.75 Å². The molecule has 21 heavy (non-hydrogen) atoms. The van der Waals surface area contributed by atoms with Gasteiger partial charge in [0.1, 0.15) is 12.4 Å². The van der Waals surface area contributed by atoms with Gasteiger partial charge in [-0.05, 0) is 31.2 Å². The topological polar surface area (TPSA) is 56.1 Å². The van der Waals surface area contributed by atoms with E-state index in [4.69, 9.17) is 4.74 Å². The summed E-state index contributed by atoms with van der Waals surface area (Å²) in [6.07, 6.45) is 4.59. The van der Waals surface area contributed by atoms with E-state index in [-0.39, 0.29) is 5.56 Å². The van der Waals surface area contributed by atoms with Crippen LogP contribution in [-0.4, -0.2) is 22.7 Å². The van der Waals surface area contributed by atoms with Gasteiger partial charge in [0.25, 0.3) is 5.56 Å². The molecule has 2 rings (SSSR count). The van der Waals surface area contributed by atoms with Crippen molar-refractivity contribution in [1.29, 1.82) is 0 Å². The second-order valence-corrected chi connectivity index (χ2v) is 4.74. The molecule has 112 valence electrons. The molecule has 0 amide bonds. The van der Waals surface area contributed by atoms with Crippen LogP contribution in [0.1, 0.15) is 19.0 Å². The lowest BCUT2D eigenvalue weighted by molar-refractivity contribution is 0.295. The Morgan fingerprint density at radius 3 is 2.90 bits per heavy atom. The van der Waals surface area contributed by atoms with Gasteiger partial charge < -0.3 is 14.6 Å². The predicted molar refractivity (Wildman–Crippen MR) is 82.4 cm³/mol. The Kier molecular flexibility index (Phi) is 5.97. The molecule has 0 radical (unpaired) electrons. The fourth-order valence-electron chi connectivity index (χ4n) is 1.90. The van der Waals surface area contributed by atoms with Gasteiger partial charge in [-0.15, -0.1) is 0 Å². The van der Waals surface area contributed by atoms with E-state index in [0.29, 0.717) is 13.2 Å². The number of rotatable bonds is 8. The van der Waals surface area contributed by atoms with Crippen molar-refractivity contribution in [3.05, 3.63) is 58.8 Å². The molecule has 0 bridgehead atoms. The standard InChI is InChI=1S/C16H21N3O2/c1-2-8-17-12-14-6-7-15(13-18-14)21-11-10-19-9-4-3-5-16(19)20/h3-7,9,13,17H,2,8,10-12H2,1H3. The third-order valence-corrected chi connectivity index (χ3v) is 3.03. The van der Waals surface area contributed by atoms with E-state index in [2.05, 4.69) is 17.2 Å². The van der Waals surface area contributed by atoms with Crippen LogP contribution in [0.2, 0.25) is 0 Å². The molecule has 0 atom stereocenters. The molecule has 0 aliphatic carbocycles. The summed E-state index contributed by atoms with van der Waals surface area (Å²) < 4.78 is 7.22. The van der Waals surface area contributed by atoms with E-state index in [0.717, 1.165) is 31.0 Å². The van der Waals surface area contributed by atoms with E-state index >= 15 is 0 Å². The molecule has 1 N–H and O–H groups in total. The van der Waals surface area contributed by atoms with Gasteiger partial charge in [-0.3, -0.25) is 9.78 Å². The maximum atomic E-state index is 11.5. The van der Waals surface area contributed by atoms with Gasteiger partial charge in [0.15, 0.2) is 0 Å². The highest BCUT2D eigenvalue weighted by molar-refractivity contribution is 5.19. The average molecular weight is 287 g/mol. The van der Waals surface area contributed by atoms with Crippen molar-refractivity contribution in [3.63, 3.8) is 0 Å². The molecule has 0 saturated carbocycles. The summed E-state index contributed by atoms with van der Waals surface area (Å²) in [5.41, 5.74) is 0.978. The Morgan fingerprint density at radius 2 is 2.19 bits per heavy atom.